The third-order valence-electron chi connectivity index (χ3n) is 1.83. The summed E-state index contributed by atoms with van der Waals surface area (Å²) in [4.78, 5) is 25.4. The van der Waals surface area contributed by atoms with Crippen molar-refractivity contribution in [1.82, 2.24) is 4.98 Å². The minimum absolute atomic E-state index is 0.199. The van der Waals surface area contributed by atoms with Crippen molar-refractivity contribution in [3.63, 3.8) is 0 Å². The summed E-state index contributed by atoms with van der Waals surface area (Å²) < 4.78 is 4.71. The highest BCUT2D eigenvalue weighted by Gasteiger charge is 2.18. The second-order valence-corrected chi connectivity index (χ2v) is 4.02. The predicted octanol–water partition coefficient (Wildman–Crippen LogP) is 1.77. The fraction of sp³-hybridized carbons (Fsp3) is 0. The molecule has 0 bridgehead atoms. The van der Waals surface area contributed by atoms with Crippen molar-refractivity contribution in [2.24, 2.45) is 0 Å². The van der Waals surface area contributed by atoms with E-state index in [1.165, 1.54) is 12.3 Å². The van der Waals surface area contributed by atoms with Gasteiger partial charge in [0.1, 0.15) is 15.9 Å². The Labute approximate surface area is 104 Å². The smallest absolute Gasteiger partial charge is 0.395 e. The molecule has 2 rings (SSSR count). The Hall–Kier alpha value is -2.73. The number of aromatic nitrogens is 1. The molecule has 18 heavy (non-hydrogen) atoms. The number of nitriles is 1. The first-order valence-corrected chi connectivity index (χ1v) is 5.33. The molecule has 90 valence electrons. The van der Waals surface area contributed by atoms with Gasteiger partial charge in [0.2, 0.25) is 0 Å². The predicted molar refractivity (Wildman–Crippen MR) is 60.1 cm³/mol. The topological polar surface area (TPSA) is 122 Å². The van der Waals surface area contributed by atoms with Gasteiger partial charge in [-0.1, -0.05) is 11.3 Å². The monoisotopic (exact) mass is 264 g/mol. The van der Waals surface area contributed by atoms with E-state index in [-0.39, 0.29) is 10.9 Å². The highest BCUT2D eigenvalue weighted by atomic mass is 32.1. The van der Waals surface area contributed by atoms with Crippen molar-refractivity contribution in [1.29, 1.82) is 5.26 Å². The van der Waals surface area contributed by atoms with Gasteiger partial charge in [-0.25, -0.2) is 4.98 Å². The Morgan fingerprint density at radius 3 is 2.94 bits per heavy atom. The first kappa shape index (κ1) is 11.7. The van der Waals surface area contributed by atoms with E-state index in [2.05, 4.69) is 10.3 Å². The van der Waals surface area contributed by atoms with Crippen molar-refractivity contribution >= 4 is 28.3 Å². The third-order valence-corrected chi connectivity index (χ3v) is 2.65. The first-order chi connectivity index (χ1) is 8.60. The Kier molecular flexibility index (Phi) is 3.03. The van der Waals surface area contributed by atoms with Crippen LogP contribution in [0.1, 0.15) is 15.4 Å². The maximum absolute atomic E-state index is 11.6. The standard InChI is InChI=1S/C9H4N4O4S/c10-3-5-4-11-9(18-5)12-8(14)6-1-2-7(17-6)13(15)16/h1-2,4H,(H,11,12,14). The average molecular weight is 264 g/mol. The zero-order valence-corrected chi connectivity index (χ0v) is 9.43. The molecule has 2 aromatic heterocycles. The number of carbonyl (C=O) groups is 1. The number of hydrogen-bond donors (Lipinski definition) is 1. The zero-order chi connectivity index (χ0) is 13.1. The molecular formula is C9H4N4O4S. The number of rotatable bonds is 3. The van der Waals surface area contributed by atoms with Gasteiger partial charge in [-0.15, -0.1) is 0 Å². The molecule has 0 spiro atoms. The normalized spacial score (nSPS) is 9.72. The van der Waals surface area contributed by atoms with Gasteiger partial charge in [0, 0.05) is 0 Å². The molecule has 9 heteroatoms. The average Bonchev–Trinajstić information content (AvgIpc) is 2.97. The summed E-state index contributed by atoms with van der Waals surface area (Å²) in [6.07, 6.45) is 1.31. The van der Waals surface area contributed by atoms with Gasteiger partial charge < -0.3 is 4.42 Å². The van der Waals surface area contributed by atoms with Gasteiger partial charge in [-0.2, -0.15) is 5.26 Å². The van der Waals surface area contributed by atoms with Gasteiger partial charge in [-0.3, -0.25) is 20.2 Å². The lowest BCUT2D eigenvalue weighted by Gasteiger charge is -1.96. The van der Waals surface area contributed by atoms with E-state index in [0.717, 1.165) is 17.4 Å². The van der Waals surface area contributed by atoms with Gasteiger partial charge in [-0.05, 0) is 6.07 Å². The molecule has 0 radical (unpaired) electrons. The Balaban J connectivity index is 2.12. The fourth-order valence-electron chi connectivity index (χ4n) is 1.09. The number of amides is 1. The van der Waals surface area contributed by atoms with Crippen molar-refractivity contribution in [2.45, 2.75) is 0 Å². The van der Waals surface area contributed by atoms with Gasteiger partial charge in [0.25, 0.3) is 5.91 Å². The van der Waals surface area contributed by atoms with E-state index < -0.39 is 16.7 Å². The lowest BCUT2D eigenvalue weighted by atomic mass is 10.4. The van der Waals surface area contributed by atoms with Crippen LogP contribution in [0.2, 0.25) is 0 Å². The van der Waals surface area contributed by atoms with E-state index >= 15 is 0 Å². The van der Waals surface area contributed by atoms with Crippen LogP contribution in [0.3, 0.4) is 0 Å². The minimum atomic E-state index is -0.742. The number of anilines is 1. The number of nitrogens with one attached hydrogen (secondary N) is 1. The van der Waals surface area contributed by atoms with E-state index in [1.54, 1.807) is 0 Å². The molecule has 0 atom stereocenters. The molecular weight excluding hydrogens is 260 g/mol. The molecule has 2 aromatic rings. The first-order valence-electron chi connectivity index (χ1n) is 4.51. The molecule has 2 heterocycles. The summed E-state index contributed by atoms with van der Waals surface area (Å²) in [5.74, 6) is -1.38. The molecule has 0 saturated carbocycles. The van der Waals surface area contributed by atoms with Gasteiger partial charge in [0.15, 0.2) is 10.9 Å². The minimum Gasteiger partial charge on any atom is -0.395 e. The Bertz CT molecular complexity index is 654. The molecule has 1 amide bonds. The SMILES string of the molecule is N#Cc1cnc(NC(=O)c2ccc([N+](=O)[O-])o2)s1. The van der Waals surface area contributed by atoms with Crippen molar-refractivity contribution in [3.05, 3.63) is 39.1 Å². The summed E-state index contributed by atoms with van der Waals surface area (Å²) in [7, 11) is 0. The van der Waals surface area contributed by atoms with Crippen LogP contribution in [0.4, 0.5) is 11.0 Å². The zero-order valence-electron chi connectivity index (χ0n) is 8.61. The molecule has 0 aliphatic rings. The van der Waals surface area contributed by atoms with Crippen LogP contribution in [-0.4, -0.2) is 15.8 Å². The van der Waals surface area contributed by atoms with E-state index in [0.29, 0.717) is 4.88 Å². The molecule has 0 aliphatic carbocycles. The second-order valence-electron chi connectivity index (χ2n) is 2.99. The number of carbonyl (C=O) groups excluding carboxylic acids is 1. The number of thiazole rings is 1. The number of nitrogens with zero attached hydrogens (tertiary/aromatic N) is 3. The van der Waals surface area contributed by atoms with E-state index in [4.69, 9.17) is 9.68 Å². The van der Waals surface area contributed by atoms with Crippen molar-refractivity contribution in [3.8, 4) is 6.07 Å². The van der Waals surface area contributed by atoms with Crippen LogP contribution in [0.25, 0.3) is 0 Å². The molecule has 8 nitrogen and oxygen atoms in total. The Morgan fingerprint density at radius 2 is 2.39 bits per heavy atom. The van der Waals surface area contributed by atoms with Crippen LogP contribution in [0.15, 0.2) is 22.7 Å². The van der Waals surface area contributed by atoms with Crippen LogP contribution >= 0.6 is 11.3 Å². The van der Waals surface area contributed by atoms with Crippen LogP contribution in [-0.2, 0) is 0 Å². The third kappa shape index (κ3) is 2.33. The maximum atomic E-state index is 11.6. The molecule has 1 N–H and O–H groups in total. The van der Waals surface area contributed by atoms with Gasteiger partial charge in [0.05, 0.1) is 12.3 Å². The van der Waals surface area contributed by atoms with E-state index in [9.17, 15) is 14.9 Å². The number of nitro groups is 1. The number of hydrogen-bond acceptors (Lipinski definition) is 7. The maximum Gasteiger partial charge on any atom is 0.433 e. The summed E-state index contributed by atoms with van der Waals surface area (Å²) in [6.45, 7) is 0. The quantitative estimate of drug-likeness (QED) is 0.665. The summed E-state index contributed by atoms with van der Waals surface area (Å²) in [5, 5.41) is 21.5. The summed E-state index contributed by atoms with van der Waals surface area (Å²) in [6, 6.07) is 4.14. The molecule has 0 saturated heterocycles. The summed E-state index contributed by atoms with van der Waals surface area (Å²) >= 11 is 0.989. The molecule has 0 fully saturated rings. The van der Waals surface area contributed by atoms with E-state index in [1.807, 2.05) is 6.07 Å². The fourth-order valence-corrected chi connectivity index (χ4v) is 1.70. The second kappa shape index (κ2) is 4.64. The Morgan fingerprint density at radius 1 is 1.61 bits per heavy atom. The van der Waals surface area contributed by atoms with Crippen molar-refractivity contribution in [2.75, 3.05) is 5.32 Å². The van der Waals surface area contributed by atoms with Crippen LogP contribution < -0.4 is 5.32 Å². The molecule has 0 aromatic carbocycles. The van der Waals surface area contributed by atoms with Crippen LogP contribution in [0, 0.1) is 21.4 Å². The lowest BCUT2D eigenvalue weighted by Crippen LogP contribution is -2.10. The summed E-state index contributed by atoms with van der Waals surface area (Å²) in [5.41, 5.74) is 0. The van der Waals surface area contributed by atoms with Gasteiger partial charge >= 0.3 is 5.88 Å². The highest BCUT2D eigenvalue weighted by molar-refractivity contribution is 7.16. The molecule has 0 aliphatic heterocycles. The highest BCUT2D eigenvalue weighted by Crippen LogP contribution is 2.20. The lowest BCUT2D eigenvalue weighted by molar-refractivity contribution is -0.402. The van der Waals surface area contributed by atoms with Crippen molar-refractivity contribution < 1.29 is 14.1 Å². The van der Waals surface area contributed by atoms with Crippen LogP contribution in [0.5, 0.6) is 0 Å². The molecule has 0 unspecified atom stereocenters. The largest absolute Gasteiger partial charge is 0.433 e. The number of furan rings is 1.